The van der Waals surface area contributed by atoms with Gasteiger partial charge in [-0.25, -0.2) is 9.97 Å². The Morgan fingerprint density at radius 1 is 1.00 bits per heavy atom. The van der Waals surface area contributed by atoms with E-state index < -0.39 is 0 Å². The summed E-state index contributed by atoms with van der Waals surface area (Å²) in [5, 5.41) is 3.36. The third-order valence-electron chi connectivity index (χ3n) is 3.35. The van der Waals surface area contributed by atoms with Crippen LogP contribution in [0.4, 0.5) is 5.82 Å². The maximum absolute atomic E-state index is 4.45. The zero-order valence-corrected chi connectivity index (χ0v) is 12.5. The van der Waals surface area contributed by atoms with Gasteiger partial charge >= 0.3 is 0 Å². The number of nitrogens with zero attached hydrogens (tertiary/aromatic N) is 3. The van der Waals surface area contributed by atoms with E-state index in [0.29, 0.717) is 5.65 Å². The maximum Gasteiger partial charge on any atom is 0.180 e. The number of unbranched alkanes of at least 4 members (excludes halogenated alkanes) is 3. The molecule has 0 aliphatic carbocycles. The standard InChI is InChI=1S/C16H24N4/c1-13(2)7-5-3-4-6-10-18-15-9-8-14-16(20-15)19-12-11-17-14/h8-9,11-13H,3-7,10H2,1-2H3,(H,18,19,20). The predicted molar refractivity (Wildman–Crippen MR) is 83.7 cm³/mol. The predicted octanol–water partition coefficient (Wildman–Crippen LogP) is 4.04. The molecule has 0 spiro atoms. The molecule has 2 rings (SSSR count). The summed E-state index contributed by atoms with van der Waals surface area (Å²) >= 11 is 0. The molecule has 0 saturated heterocycles. The van der Waals surface area contributed by atoms with Gasteiger partial charge in [0.2, 0.25) is 0 Å². The van der Waals surface area contributed by atoms with Crippen molar-refractivity contribution in [1.82, 2.24) is 15.0 Å². The zero-order valence-electron chi connectivity index (χ0n) is 12.5. The second kappa shape index (κ2) is 7.78. The van der Waals surface area contributed by atoms with Gasteiger partial charge in [-0.05, 0) is 24.5 Å². The van der Waals surface area contributed by atoms with Crippen LogP contribution in [0.25, 0.3) is 11.2 Å². The van der Waals surface area contributed by atoms with Crippen molar-refractivity contribution in [3.63, 3.8) is 0 Å². The summed E-state index contributed by atoms with van der Waals surface area (Å²) in [6.07, 6.45) is 9.86. The van der Waals surface area contributed by atoms with Crippen molar-refractivity contribution in [2.24, 2.45) is 5.92 Å². The lowest BCUT2D eigenvalue weighted by Crippen LogP contribution is -2.03. The minimum atomic E-state index is 0.703. The largest absolute Gasteiger partial charge is 0.370 e. The van der Waals surface area contributed by atoms with Crippen LogP contribution in [0.2, 0.25) is 0 Å². The first kappa shape index (κ1) is 14.7. The molecule has 1 N–H and O–H groups in total. The number of hydrogen-bond donors (Lipinski definition) is 1. The average molecular weight is 272 g/mol. The first-order valence-electron chi connectivity index (χ1n) is 7.57. The van der Waals surface area contributed by atoms with Gasteiger partial charge in [-0.2, -0.15) is 0 Å². The summed E-state index contributed by atoms with van der Waals surface area (Å²) in [5.74, 6) is 1.72. The lowest BCUT2D eigenvalue weighted by molar-refractivity contribution is 0.523. The Morgan fingerprint density at radius 2 is 1.80 bits per heavy atom. The van der Waals surface area contributed by atoms with E-state index in [1.807, 2.05) is 12.1 Å². The van der Waals surface area contributed by atoms with Crippen molar-refractivity contribution in [1.29, 1.82) is 0 Å². The summed E-state index contributed by atoms with van der Waals surface area (Å²) in [6.45, 7) is 5.55. The molecule has 0 bridgehead atoms. The van der Waals surface area contributed by atoms with E-state index >= 15 is 0 Å². The minimum Gasteiger partial charge on any atom is -0.370 e. The summed E-state index contributed by atoms with van der Waals surface area (Å²) in [7, 11) is 0. The van der Waals surface area contributed by atoms with Gasteiger partial charge in [0.1, 0.15) is 11.3 Å². The van der Waals surface area contributed by atoms with Gasteiger partial charge in [0.25, 0.3) is 0 Å². The Hall–Kier alpha value is -1.71. The molecule has 2 aromatic heterocycles. The zero-order chi connectivity index (χ0) is 14.2. The third-order valence-corrected chi connectivity index (χ3v) is 3.35. The smallest absolute Gasteiger partial charge is 0.180 e. The highest BCUT2D eigenvalue weighted by Gasteiger charge is 1.99. The molecular weight excluding hydrogens is 248 g/mol. The molecule has 0 aliphatic rings. The molecule has 2 heterocycles. The van der Waals surface area contributed by atoms with Crippen LogP contribution in [0, 0.1) is 5.92 Å². The van der Waals surface area contributed by atoms with Gasteiger partial charge < -0.3 is 5.32 Å². The molecule has 0 aromatic carbocycles. The van der Waals surface area contributed by atoms with Gasteiger partial charge in [-0.3, -0.25) is 4.98 Å². The summed E-state index contributed by atoms with van der Waals surface area (Å²) in [5.41, 5.74) is 1.54. The highest BCUT2D eigenvalue weighted by molar-refractivity contribution is 5.71. The van der Waals surface area contributed by atoms with E-state index in [1.54, 1.807) is 12.4 Å². The monoisotopic (exact) mass is 272 g/mol. The number of pyridine rings is 1. The van der Waals surface area contributed by atoms with Crippen molar-refractivity contribution >= 4 is 17.0 Å². The minimum absolute atomic E-state index is 0.703. The fourth-order valence-corrected chi connectivity index (χ4v) is 2.20. The second-order valence-corrected chi connectivity index (χ2v) is 5.62. The first-order chi connectivity index (χ1) is 9.75. The van der Waals surface area contributed by atoms with Crippen molar-refractivity contribution < 1.29 is 0 Å². The number of hydrogen-bond acceptors (Lipinski definition) is 4. The summed E-state index contributed by atoms with van der Waals surface area (Å²) < 4.78 is 0. The lowest BCUT2D eigenvalue weighted by atomic mass is 10.0. The van der Waals surface area contributed by atoms with Crippen LogP contribution >= 0.6 is 0 Å². The fourth-order valence-electron chi connectivity index (χ4n) is 2.20. The summed E-state index contributed by atoms with van der Waals surface area (Å²) in [6, 6.07) is 3.93. The highest BCUT2D eigenvalue weighted by atomic mass is 15.0. The SMILES string of the molecule is CC(C)CCCCCCNc1ccc2nccnc2n1. The van der Waals surface area contributed by atoms with Crippen LogP contribution in [-0.4, -0.2) is 21.5 Å². The number of rotatable bonds is 8. The van der Waals surface area contributed by atoms with E-state index in [1.165, 1.54) is 32.1 Å². The van der Waals surface area contributed by atoms with E-state index in [-0.39, 0.29) is 0 Å². The number of anilines is 1. The molecule has 0 unspecified atom stereocenters. The van der Waals surface area contributed by atoms with Gasteiger partial charge in [0.05, 0.1) is 0 Å². The van der Waals surface area contributed by atoms with E-state index in [2.05, 4.69) is 34.1 Å². The number of fused-ring (bicyclic) bond motifs is 1. The molecule has 0 radical (unpaired) electrons. The van der Waals surface area contributed by atoms with Crippen LogP contribution in [0.15, 0.2) is 24.5 Å². The Bertz CT molecular complexity index is 525. The Kier molecular flexibility index (Phi) is 5.71. The molecular formula is C16H24N4. The van der Waals surface area contributed by atoms with Gasteiger partial charge in [0.15, 0.2) is 5.65 Å². The quantitative estimate of drug-likeness (QED) is 0.737. The van der Waals surface area contributed by atoms with Gasteiger partial charge in [0, 0.05) is 18.9 Å². The average Bonchev–Trinajstić information content (AvgIpc) is 2.46. The molecule has 20 heavy (non-hydrogen) atoms. The molecule has 4 heteroatoms. The topological polar surface area (TPSA) is 50.7 Å². The van der Waals surface area contributed by atoms with Crippen molar-refractivity contribution in [3.05, 3.63) is 24.5 Å². The molecule has 0 amide bonds. The van der Waals surface area contributed by atoms with Crippen molar-refractivity contribution in [2.45, 2.75) is 46.0 Å². The van der Waals surface area contributed by atoms with Gasteiger partial charge in [-0.15, -0.1) is 0 Å². The number of aromatic nitrogens is 3. The molecule has 0 saturated carbocycles. The van der Waals surface area contributed by atoms with E-state index in [4.69, 9.17) is 0 Å². The van der Waals surface area contributed by atoms with Crippen molar-refractivity contribution in [2.75, 3.05) is 11.9 Å². The molecule has 0 fully saturated rings. The maximum atomic E-state index is 4.45. The van der Waals surface area contributed by atoms with Gasteiger partial charge in [-0.1, -0.05) is 39.5 Å². The van der Waals surface area contributed by atoms with E-state index in [9.17, 15) is 0 Å². The Morgan fingerprint density at radius 3 is 2.65 bits per heavy atom. The van der Waals surface area contributed by atoms with Crippen LogP contribution in [-0.2, 0) is 0 Å². The normalized spacial score (nSPS) is 11.2. The fraction of sp³-hybridized carbons (Fsp3) is 0.562. The van der Waals surface area contributed by atoms with Crippen LogP contribution < -0.4 is 5.32 Å². The lowest BCUT2D eigenvalue weighted by Gasteiger charge is -2.07. The van der Waals surface area contributed by atoms with Crippen molar-refractivity contribution in [3.8, 4) is 0 Å². The number of nitrogens with one attached hydrogen (secondary N) is 1. The molecule has 0 atom stereocenters. The molecule has 4 nitrogen and oxygen atoms in total. The summed E-state index contributed by atoms with van der Waals surface area (Å²) in [4.78, 5) is 12.9. The highest BCUT2D eigenvalue weighted by Crippen LogP contribution is 2.12. The Balaban J connectivity index is 1.68. The Labute approximate surface area is 121 Å². The second-order valence-electron chi connectivity index (χ2n) is 5.62. The molecule has 2 aromatic rings. The van der Waals surface area contributed by atoms with E-state index in [0.717, 1.165) is 23.8 Å². The van der Waals surface area contributed by atoms with Crippen LogP contribution in [0.1, 0.15) is 46.0 Å². The molecule has 0 aliphatic heterocycles. The van der Waals surface area contributed by atoms with Crippen LogP contribution in [0.5, 0.6) is 0 Å². The third kappa shape index (κ3) is 4.76. The first-order valence-corrected chi connectivity index (χ1v) is 7.57. The van der Waals surface area contributed by atoms with Crippen LogP contribution in [0.3, 0.4) is 0 Å². The molecule has 108 valence electrons.